The minimum absolute atomic E-state index is 0.0880. The summed E-state index contributed by atoms with van der Waals surface area (Å²) < 4.78 is 51.9. The lowest BCUT2D eigenvalue weighted by Gasteiger charge is -2.13. The minimum atomic E-state index is -4.70. The number of rotatable bonds is 1. The van der Waals surface area contributed by atoms with Crippen LogP contribution in [-0.2, 0) is 12.6 Å². The zero-order chi connectivity index (χ0) is 14.6. The number of benzene rings is 1. The Kier molecular flexibility index (Phi) is 4.86. The first kappa shape index (κ1) is 15.4. The Hall–Kier alpha value is -1.65. The van der Waals surface area contributed by atoms with E-state index in [1.54, 1.807) is 6.92 Å². The molecule has 0 fully saturated rings. The number of pyridine rings is 1. The van der Waals surface area contributed by atoms with Gasteiger partial charge in [0.15, 0.2) is 0 Å². The standard InChI is InChI=1S/C12H9F4N.C2H6/c1-2-7-5-17-6-8-3-4-9(13)11(10(7)8)12(14,15)16;1-2/h3-6H,2H2,1H3;1-2H3. The Morgan fingerprint density at radius 2 is 1.74 bits per heavy atom. The van der Waals surface area contributed by atoms with E-state index in [1.165, 1.54) is 18.5 Å². The van der Waals surface area contributed by atoms with Gasteiger partial charge in [-0.05, 0) is 24.1 Å². The van der Waals surface area contributed by atoms with Crippen LogP contribution in [0.15, 0.2) is 24.5 Å². The molecule has 1 heterocycles. The van der Waals surface area contributed by atoms with Crippen molar-refractivity contribution in [1.82, 2.24) is 4.98 Å². The monoisotopic (exact) mass is 273 g/mol. The second-order valence-electron chi connectivity index (χ2n) is 3.67. The SMILES string of the molecule is CC.CCc1cncc2ccc(F)c(C(F)(F)F)c12. The highest BCUT2D eigenvalue weighted by Crippen LogP contribution is 2.38. The number of hydrogen-bond donors (Lipinski definition) is 0. The van der Waals surface area contributed by atoms with Crippen LogP contribution < -0.4 is 0 Å². The second-order valence-corrected chi connectivity index (χ2v) is 3.67. The molecule has 0 unspecified atom stereocenters. The van der Waals surface area contributed by atoms with E-state index >= 15 is 0 Å². The Morgan fingerprint density at radius 1 is 1.11 bits per heavy atom. The first-order valence-electron chi connectivity index (χ1n) is 6.07. The van der Waals surface area contributed by atoms with Gasteiger partial charge in [-0.3, -0.25) is 4.98 Å². The molecule has 0 spiro atoms. The van der Waals surface area contributed by atoms with Crippen molar-refractivity contribution in [3.63, 3.8) is 0 Å². The van der Waals surface area contributed by atoms with Crippen molar-refractivity contribution in [2.24, 2.45) is 0 Å². The normalized spacial score (nSPS) is 11.1. The molecule has 0 atom stereocenters. The number of alkyl halides is 3. The molecule has 0 N–H and O–H groups in total. The molecule has 0 saturated heterocycles. The van der Waals surface area contributed by atoms with Crippen LogP contribution in [0.4, 0.5) is 17.6 Å². The van der Waals surface area contributed by atoms with Crippen molar-refractivity contribution in [3.8, 4) is 0 Å². The van der Waals surface area contributed by atoms with Crippen molar-refractivity contribution in [3.05, 3.63) is 41.5 Å². The third-order valence-electron chi connectivity index (χ3n) is 2.62. The lowest BCUT2D eigenvalue weighted by molar-refractivity contribution is -0.138. The zero-order valence-corrected chi connectivity index (χ0v) is 11.0. The van der Waals surface area contributed by atoms with Gasteiger partial charge < -0.3 is 0 Å². The van der Waals surface area contributed by atoms with E-state index in [-0.39, 0.29) is 5.39 Å². The van der Waals surface area contributed by atoms with Gasteiger partial charge in [-0.15, -0.1) is 0 Å². The Balaban J connectivity index is 0.000000861. The topological polar surface area (TPSA) is 12.9 Å². The van der Waals surface area contributed by atoms with Gasteiger partial charge in [0.1, 0.15) is 5.82 Å². The third-order valence-corrected chi connectivity index (χ3v) is 2.62. The summed E-state index contributed by atoms with van der Waals surface area (Å²) in [7, 11) is 0. The maximum atomic E-state index is 13.4. The van der Waals surface area contributed by atoms with Crippen LogP contribution in [0, 0.1) is 5.82 Å². The zero-order valence-electron chi connectivity index (χ0n) is 11.0. The molecule has 2 rings (SSSR count). The fraction of sp³-hybridized carbons (Fsp3) is 0.357. The Labute approximate surface area is 109 Å². The molecule has 5 heteroatoms. The summed E-state index contributed by atoms with van der Waals surface area (Å²) in [4.78, 5) is 3.85. The van der Waals surface area contributed by atoms with Crippen LogP contribution in [0.2, 0.25) is 0 Å². The molecule has 1 aromatic carbocycles. The van der Waals surface area contributed by atoms with E-state index in [0.717, 1.165) is 6.07 Å². The molecule has 104 valence electrons. The quantitative estimate of drug-likeness (QED) is 0.668. The summed E-state index contributed by atoms with van der Waals surface area (Å²) in [6, 6.07) is 2.14. The fourth-order valence-electron chi connectivity index (χ4n) is 1.86. The van der Waals surface area contributed by atoms with E-state index < -0.39 is 17.6 Å². The molecule has 0 saturated carbocycles. The van der Waals surface area contributed by atoms with Crippen molar-refractivity contribution in [2.45, 2.75) is 33.4 Å². The molecule has 0 aliphatic heterocycles. The molecule has 19 heavy (non-hydrogen) atoms. The molecule has 1 nitrogen and oxygen atoms in total. The summed E-state index contributed by atoms with van der Waals surface area (Å²) in [5, 5.41) is 0.216. The number of fused-ring (bicyclic) bond motifs is 1. The number of hydrogen-bond acceptors (Lipinski definition) is 1. The van der Waals surface area contributed by atoms with Gasteiger partial charge in [0, 0.05) is 23.2 Å². The van der Waals surface area contributed by atoms with Gasteiger partial charge in [-0.2, -0.15) is 13.2 Å². The number of aromatic nitrogens is 1. The average Bonchev–Trinajstić information content (AvgIpc) is 2.38. The van der Waals surface area contributed by atoms with E-state index in [1.807, 2.05) is 13.8 Å². The minimum Gasteiger partial charge on any atom is -0.264 e. The van der Waals surface area contributed by atoms with E-state index in [0.29, 0.717) is 17.4 Å². The maximum absolute atomic E-state index is 13.4. The predicted molar refractivity (Wildman–Crippen MR) is 67.4 cm³/mol. The fourth-order valence-corrected chi connectivity index (χ4v) is 1.86. The van der Waals surface area contributed by atoms with Crippen molar-refractivity contribution in [2.75, 3.05) is 0 Å². The summed E-state index contributed by atoms with van der Waals surface area (Å²) >= 11 is 0. The van der Waals surface area contributed by atoms with Crippen LogP contribution in [-0.4, -0.2) is 4.98 Å². The molecular weight excluding hydrogens is 258 g/mol. The van der Waals surface area contributed by atoms with Gasteiger partial charge in [0.05, 0.1) is 5.56 Å². The summed E-state index contributed by atoms with van der Waals surface area (Å²) in [5.41, 5.74) is -0.802. The number of nitrogens with zero attached hydrogens (tertiary/aromatic N) is 1. The van der Waals surface area contributed by atoms with Crippen LogP contribution in [0.3, 0.4) is 0 Å². The number of aryl methyl sites for hydroxylation is 1. The highest BCUT2D eigenvalue weighted by Gasteiger charge is 2.36. The van der Waals surface area contributed by atoms with E-state index in [2.05, 4.69) is 4.98 Å². The van der Waals surface area contributed by atoms with Gasteiger partial charge in [-0.1, -0.05) is 20.8 Å². The van der Waals surface area contributed by atoms with Crippen LogP contribution in [0.5, 0.6) is 0 Å². The van der Waals surface area contributed by atoms with Crippen molar-refractivity contribution >= 4 is 10.8 Å². The van der Waals surface area contributed by atoms with E-state index in [9.17, 15) is 17.6 Å². The molecule has 2 aromatic rings. The molecule has 1 aromatic heterocycles. The van der Waals surface area contributed by atoms with Gasteiger partial charge in [0.25, 0.3) is 0 Å². The Morgan fingerprint density at radius 3 is 2.26 bits per heavy atom. The second kappa shape index (κ2) is 5.99. The Bertz CT molecular complexity index is 561. The summed E-state index contributed by atoms with van der Waals surface area (Å²) in [6.45, 7) is 5.71. The highest BCUT2D eigenvalue weighted by atomic mass is 19.4. The van der Waals surface area contributed by atoms with Gasteiger partial charge in [-0.25, -0.2) is 4.39 Å². The first-order chi connectivity index (χ1) is 8.95. The van der Waals surface area contributed by atoms with Crippen LogP contribution in [0.1, 0.15) is 31.9 Å². The summed E-state index contributed by atoms with van der Waals surface area (Å²) in [5.74, 6) is -1.24. The van der Waals surface area contributed by atoms with Gasteiger partial charge >= 0.3 is 6.18 Å². The molecule has 0 aliphatic carbocycles. The largest absolute Gasteiger partial charge is 0.419 e. The maximum Gasteiger partial charge on any atom is 0.419 e. The summed E-state index contributed by atoms with van der Waals surface area (Å²) in [6.07, 6.45) is -1.67. The van der Waals surface area contributed by atoms with Gasteiger partial charge in [0.2, 0.25) is 0 Å². The lowest BCUT2D eigenvalue weighted by atomic mass is 9.99. The molecule has 0 aliphatic rings. The highest BCUT2D eigenvalue weighted by molar-refractivity contribution is 5.88. The number of halogens is 4. The van der Waals surface area contributed by atoms with Crippen LogP contribution >= 0.6 is 0 Å². The molecule has 0 bridgehead atoms. The van der Waals surface area contributed by atoms with E-state index in [4.69, 9.17) is 0 Å². The third kappa shape index (κ3) is 3.03. The van der Waals surface area contributed by atoms with Crippen LogP contribution in [0.25, 0.3) is 10.8 Å². The predicted octanol–water partition coefficient (Wildman–Crippen LogP) is 4.98. The molecule has 0 amide bonds. The lowest BCUT2D eigenvalue weighted by Crippen LogP contribution is -2.10. The van der Waals surface area contributed by atoms with Crippen molar-refractivity contribution < 1.29 is 17.6 Å². The molecular formula is C14H15F4N. The molecule has 0 radical (unpaired) electrons. The average molecular weight is 273 g/mol. The first-order valence-corrected chi connectivity index (χ1v) is 6.07. The van der Waals surface area contributed by atoms with Crippen molar-refractivity contribution in [1.29, 1.82) is 0 Å². The smallest absolute Gasteiger partial charge is 0.264 e.